The molecule has 0 unspecified atom stereocenters. The van der Waals surface area contributed by atoms with Gasteiger partial charge in [0.1, 0.15) is 0 Å². The molecule has 31 heteroatoms. The van der Waals surface area contributed by atoms with Crippen LogP contribution in [0, 0.1) is 75.4 Å². The van der Waals surface area contributed by atoms with Gasteiger partial charge in [-0.15, -0.1) is 0 Å². The van der Waals surface area contributed by atoms with Crippen molar-refractivity contribution < 1.29 is 71.1 Å². The van der Waals surface area contributed by atoms with Gasteiger partial charge in [0.25, 0.3) is 0 Å². The standard InChI is InChI=1S/C18H6AsN9O21/c29-16-10(23(38)39)1-7(20(32)33)4-13(16)26(44)47-19(48-27(45)14-5-8(21(34)35)2-11(17(14)30)24(40)41)49-28(46)15-6-9(22(36)37)3-12(18(15)31)25(42)43/h1-6H. The van der Waals surface area contributed by atoms with Gasteiger partial charge < -0.3 is 0 Å². The van der Waals surface area contributed by atoms with Crippen LogP contribution in [0.4, 0.5) is 51.2 Å². The maximum absolute atomic E-state index is 12.8. The summed E-state index contributed by atoms with van der Waals surface area (Å²) in [6.45, 7) is 0. The van der Waals surface area contributed by atoms with Crippen LogP contribution in [-0.2, 0) is 11.5 Å². The molecule has 30 nitrogen and oxygen atoms in total. The van der Waals surface area contributed by atoms with Gasteiger partial charge in [-0.25, -0.2) is 0 Å². The molecular formula is C18H6AsN9O21. The second-order valence-electron chi connectivity index (χ2n) is 8.22. The van der Waals surface area contributed by atoms with Gasteiger partial charge in [-0.2, -0.15) is 0 Å². The third-order valence-corrected chi connectivity index (χ3v) is 7.11. The van der Waals surface area contributed by atoms with Crippen LogP contribution in [0.1, 0.15) is 0 Å². The van der Waals surface area contributed by atoms with Crippen LogP contribution in [-0.4, -0.2) is 60.0 Å². The molecular weight excluding hydrogens is 753 g/mol. The average molecular weight is 759 g/mol. The predicted molar refractivity (Wildman–Crippen MR) is 136 cm³/mol. The van der Waals surface area contributed by atoms with E-state index in [-0.39, 0.29) is 36.4 Å². The van der Waals surface area contributed by atoms with Crippen molar-refractivity contribution in [3.63, 3.8) is 0 Å². The summed E-state index contributed by atoms with van der Waals surface area (Å²) >= 11 is -5.41. The third-order valence-electron chi connectivity index (χ3n) is 5.34. The molecule has 0 spiro atoms. The molecule has 0 amide bonds. The second-order valence-corrected chi connectivity index (χ2v) is 10.2. The molecule has 0 aliphatic carbocycles. The van der Waals surface area contributed by atoms with Crippen LogP contribution in [0.5, 0.6) is 17.2 Å². The number of nitro benzene ring substituents is 6. The molecule has 3 aromatic rings. The Morgan fingerprint density at radius 3 is 0.755 bits per heavy atom. The van der Waals surface area contributed by atoms with E-state index in [4.69, 9.17) is 0 Å². The molecule has 0 bridgehead atoms. The quantitative estimate of drug-likeness (QED) is 0.117. The van der Waals surface area contributed by atoms with Gasteiger partial charge in [-0.05, 0) is 0 Å². The normalized spacial score (nSPS) is 10.5. The fourth-order valence-corrected chi connectivity index (χ4v) is 4.74. The Hall–Kier alpha value is -7.78. The van der Waals surface area contributed by atoms with Crippen molar-refractivity contribution in [2.24, 2.45) is 0 Å². The Bertz CT molecular complexity index is 1810. The number of nitro groups is 6. The van der Waals surface area contributed by atoms with E-state index in [2.05, 4.69) is 11.5 Å². The van der Waals surface area contributed by atoms with Gasteiger partial charge in [0, 0.05) is 0 Å². The number of hydrogen-bond donors (Lipinski definition) is 0. The monoisotopic (exact) mass is 759 g/mol. The van der Waals surface area contributed by atoms with Crippen molar-refractivity contribution in [2.75, 3.05) is 0 Å². The zero-order valence-corrected chi connectivity index (χ0v) is 24.4. The molecule has 0 aliphatic rings. The fraction of sp³-hybridized carbons (Fsp3) is 0. The van der Waals surface area contributed by atoms with Gasteiger partial charge in [0.05, 0.1) is 0 Å². The van der Waals surface area contributed by atoms with Crippen LogP contribution in [0.2, 0.25) is 0 Å². The van der Waals surface area contributed by atoms with Crippen molar-refractivity contribution in [1.82, 2.24) is 0 Å². The fourth-order valence-electron chi connectivity index (χ4n) is 3.24. The molecule has 0 aromatic heterocycles. The molecule has 0 fully saturated rings. The van der Waals surface area contributed by atoms with E-state index in [1.54, 1.807) is 0 Å². The molecule has 0 N–H and O–H groups in total. The Balaban J connectivity index is 2.17. The molecule has 0 saturated carbocycles. The van der Waals surface area contributed by atoms with Gasteiger partial charge in [0.15, 0.2) is 0 Å². The molecule has 0 aliphatic heterocycles. The van der Waals surface area contributed by atoms with Crippen molar-refractivity contribution >= 4 is 66.9 Å². The summed E-state index contributed by atoms with van der Waals surface area (Å²) in [6, 6.07) is 0.527. The van der Waals surface area contributed by atoms with Crippen LogP contribution >= 0.6 is 0 Å². The van der Waals surface area contributed by atoms with Crippen molar-refractivity contribution in [3.8, 4) is 17.2 Å². The summed E-state index contributed by atoms with van der Waals surface area (Å²) in [5.74, 6) is -5.74. The number of benzene rings is 3. The number of non-ortho nitro benzene ring substituents is 3. The van der Waals surface area contributed by atoms with E-state index in [0.717, 1.165) is 0 Å². The Kier molecular flexibility index (Phi) is 9.97. The van der Waals surface area contributed by atoms with Crippen LogP contribution < -0.4 is 15.3 Å². The van der Waals surface area contributed by atoms with Crippen molar-refractivity contribution in [2.45, 2.75) is 0 Å². The molecule has 0 heterocycles. The topological polar surface area (TPSA) is 416 Å². The number of nitrogens with zero attached hydrogens (tertiary/aromatic N) is 9. The molecule has 0 radical (unpaired) electrons. The first-order valence-corrected chi connectivity index (χ1v) is 13.7. The SMILES string of the molecule is O=[N+]([O-])c1cc([N+](=O)[O-])c([O-])c([N+](=O)O[As](O[N+](=O)c2cc([N+](=O)[O-])cc([N+](=O)[O-])c2[O-])O[N+](=O)c2cc([N+](=O)[O-])cc([N+](=O)[O-])c2[O-])c1. The second kappa shape index (κ2) is 13.7. The van der Waals surface area contributed by atoms with E-state index in [1.807, 2.05) is 0 Å². The van der Waals surface area contributed by atoms with E-state index in [1.165, 1.54) is 0 Å². The van der Waals surface area contributed by atoms with Gasteiger partial charge in [-0.3, -0.25) is 0 Å². The van der Waals surface area contributed by atoms with Gasteiger partial charge >= 0.3 is 267 Å². The summed E-state index contributed by atoms with van der Waals surface area (Å²) < 4.78 is 13.4. The molecule has 3 rings (SSSR count). The first-order chi connectivity index (χ1) is 22.7. The molecule has 0 saturated heterocycles. The van der Waals surface area contributed by atoms with E-state index < -0.39 is 128 Å². The zero-order valence-electron chi connectivity index (χ0n) is 22.5. The summed E-state index contributed by atoms with van der Waals surface area (Å²) in [4.78, 5) is 93.5. The molecule has 0 atom stereocenters. The summed E-state index contributed by atoms with van der Waals surface area (Å²) in [5.41, 5.74) is -13.6. The first-order valence-electron chi connectivity index (χ1n) is 11.4. The zero-order chi connectivity index (χ0) is 37.1. The minimum atomic E-state index is -5.41. The number of hydrogen-bond acceptors (Lipinski definition) is 21. The molecule has 3 aromatic carbocycles. The number of rotatable bonds is 15. The molecule has 49 heavy (non-hydrogen) atoms. The Labute approximate surface area is 267 Å². The van der Waals surface area contributed by atoms with E-state index in [9.17, 15) is 90.7 Å². The van der Waals surface area contributed by atoms with Crippen molar-refractivity contribution in [3.05, 3.63) is 112 Å². The van der Waals surface area contributed by atoms with Crippen LogP contribution in [0.25, 0.3) is 0 Å². The third kappa shape index (κ3) is 7.55. The summed E-state index contributed by atoms with van der Waals surface area (Å²) in [6.07, 6.45) is 0. The average Bonchev–Trinajstić information content (AvgIpc) is 3.00. The van der Waals surface area contributed by atoms with Crippen molar-refractivity contribution in [1.29, 1.82) is 0 Å². The first kappa shape index (κ1) is 35.7. The van der Waals surface area contributed by atoms with E-state index >= 15 is 0 Å². The van der Waals surface area contributed by atoms with E-state index in [0.29, 0.717) is 0 Å². The minimum absolute atomic E-state index is 0.0676. The summed E-state index contributed by atoms with van der Waals surface area (Å²) in [7, 11) is 0. The predicted octanol–water partition coefficient (Wildman–Crippen LogP) is 0.768. The van der Waals surface area contributed by atoms with Crippen LogP contribution in [0.3, 0.4) is 0 Å². The van der Waals surface area contributed by atoms with Gasteiger partial charge in [-0.1, -0.05) is 0 Å². The molecule has 254 valence electrons. The van der Waals surface area contributed by atoms with Crippen LogP contribution in [0.15, 0.2) is 36.4 Å². The maximum atomic E-state index is 12.8. The summed E-state index contributed by atoms with van der Waals surface area (Å²) in [5, 5.41) is 105. The Morgan fingerprint density at radius 2 is 0.571 bits per heavy atom. The Morgan fingerprint density at radius 1 is 0.367 bits per heavy atom. The van der Waals surface area contributed by atoms with Gasteiger partial charge in [0.2, 0.25) is 0 Å².